The highest BCUT2D eigenvalue weighted by Crippen LogP contribution is 2.26. The summed E-state index contributed by atoms with van der Waals surface area (Å²) in [4.78, 5) is 24.1. The van der Waals surface area contributed by atoms with Gasteiger partial charge in [0.2, 0.25) is 0 Å². The lowest BCUT2D eigenvalue weighted by molar-refractivity contribution is -0.156. The Morgan fingerprint density at radius 3 is 2.17 bits per heavy atom. The molecule has 0 bridgehead atoms. The van der Waals surface area contributed by atoms with Crippen molar-refractivity contribution in [3.05, 3.63) is 106 Å². The highest BCUT2D eigenvalue weighted by molar-refractivity contribution is 5.87. The molecule has 0 amide bonds. The lowest BCUT2D eigenvalue weighted by Crippen LogP contribution is -2.39. The van der Waals surface area contributed by atoms with Gasteiger partial charge in [0, 0.05) is 35.2 Å². The van der Waals surface area contributed by atoms with Crippen molar-refractivity contribution < 1.29 is 33.6 Å². The van der Waals surface area contributed by atoms with E-state index in [2.05, 4.69) is 26.8 Å². The first-order chi connectivity index (χ1) is 21.8. The number of ether oxygens (including phenoxy) is 3. The van der Waals surface area contributed by atoms with Crippen LogP contribution in [0.3, 0.4) is 0 Å². The predicted molar refractivity (Wildman–Crippen MR) is 182 cm³/mol. The van der Waals surface area contributed by atoms with E-state index in [4.69, 9.17) is 18.6 Å². The maximum atomic E-state index is 12.7. The molecule has 1 aromatic heterocycles. The molecule has 8 heteroatoms. The number of allylic oxidation sites excluding steroid dienone is 4. The van der Waals surface area contributed by atoms with Crippen molar-refractivity contribution in [1.82, 2.24) is 0 Å². The predicted octanol–water partition coefficient (Wildman–Crippen LogP) is 8.07. The molecule has 0 aliphatic rings. The van der Waals surface area contributed by atoms with Gasteiger partial charge in [-0.2, -0.15) is 0 Å². The number of aromatic hydroxyl groups is 1. The Kier molecular flexibility index (Phi) is 13.4. The van der Waals surface area contributed by atoms with Gasteiger partial charge in [0.25, 0.3) is 0 Å². The monoisotopic (exact) mass is 630 g/mol. The summed E-state index contributed by atoms with van der Waals surface area (Å²) in [5.41, 5.74) is 2.74. The number of rotatable bonds is 16. The average Bonchev–Trinajstić information content (AvgIpc) is 2.98. The zero-order valence-corrected chi connectivity index (χ0v) is 27.7. The van der Waals surface area contributed by atoms with E-state index in [-0.39, 0.29) is 5.75 Å². The van der Waals surface area contributed by atoms with Crippen molar-refractivity contribution in [2.24, 2.45) is 0 Å². The van der Waals surface area contributed by atoms with Crippen molar-refractivity contribution in [1.29, 1.82) is 0 Å². The number of esters is 1. The van der Waals surface area contributed by atoms with E-state index in [1.165, 1.54) is 35.4 Å². The summed E-state index contributed by atoms with van der Waals surface area (Å²) in [6, 6.07) is 13.3. The Hall–Kier alpha value is -4.56. The van der Waals surface area contributed by atoms with Crippen molar-refractivity contribution in [3.8, 4) is 17.2 Å². The highest BCUT2D eigenvalue weighted by atomic mass is 16.6. The first kappa shape index (κ1) is 35.9. The maximum Gasteiger partial charge on any atom is 0.336 e. The Balaban J connectivity index is 1.49. The second kappa shape index (κ2) is 17.2. The number of phenolic OH excluding ortho intramolecular Hbond substituents is 1. The van der Waals surface area contributed by atoms with Crippen LogP contribution in [-0.2, 0) is 9.53 Å². The first-order valence-corrected chi connectivity index (χ1v) is 15.5. The molecule has 0 saturated carbocycles. The summed E-state index contributed by atoms with van der Waals surface area (Å²) >= 11 is 0. The van der Waals surface area contributed by atoms with Crippen molar-refractivity contribution in [2.45, 2.75) is 78.9 Å². The van der Waals surface area contributed by atoms with Gasteiger partial charge in [0.15, 0.2) is 0 Å². The Bertz CT molecular complexity index is 1650. The molecule has 246 valence electrons. The number of hydrogen-bond acceptors (Lipinski definition) is 8. The molecule has 2 aromatic carbocycles. The molecule has 0 aliphatic carbocycles. The Labute approximate surface area is 271 Å². The normalized spacial score (nSPS) is 13.1. The number of aliphatic hydroxyl groups is 1. The molecule has 0 radical (unpaired) electrons. The molecule has 0 spiro atoms. The molecule has 8 nitrogen and oxygen atoms in total. The van der Waals surface area contributed by atoms with E-state index in [0.29, 0.717) is 48.7 Å². The molecule has 0 fully saturated rings. The minimum atomic E-state index is -1.27. The van der Waals surface area contributed by atoms with Crippen LogP contribution in [0.15, 0.2) is 98.8 Å². The molecule has 1 heterocycles. The second-order valence-electron chi connectivity index (χ2n) is 12.2. The van der Waals surface area contributed by atoms with Crippen LogP contribution in [0, 0.1) is 0 Å². The molecular formula is C38H46O8. The number of carbonyl (C=O) groups excluding carboxylic acids is 1. The van der Waals surface area contributed by atoms with E-state index >= 15 is 0 Å². The SMILES string of the molecule is CC(C)=CCCC(C)=CCOc1ccc(C=CC(=O)O[C@H](CCC(C)=CCOc2ccc3ccc(=O)oc3c2)C(C)(C)O)c(O)c1. The van der Waals surface area contributed by atoms with Crippen LogP contribution in [0.2, 0.25) is 0 Å². The Morgan fingerprint density at radius 1 is 0.891 bits per heavy atom. The summed E-state index contributed by atoms with van der Waals surface area (Å²) < 4.78 is 22.3. The second-order valence-corrected chi connectivity index (χ2v) is 12.2. The summed E-state index contributed by atoms with van der Waals surface area (Å²) in [5, 5.41) is 21.9. The highest BCUT2D eigenvalue weighted by Gasteiger charge is 2.29. The van der Waals surface area contributed by atoms with Gasteiger partial charge in [-0.25, -0.2) is 9.59 Å². The van der Waals surface area contributed by atoms with Crippen molar-refractivity contribution in [2.75, 3.05) is 13.2 Å². The van der Waals surface area contributed by atoms with Crippen LogP contribution < -0.4 is 15.1 Å². The average molecular weight is 631 g/mol. The third kappa shape index (κ3) is 12.4. The van der Waals surface area contributed by atoms with Crippen LogP contribution in [-0.4, -0.2) is 41.1 Å². The van der Waals surface area contributed by atoms with Gasteiger partial charge < -0.3 is 28.8 Å². The molecule has 0 saturated heterocycles. The molecule has 46 heavy (non-hydrogen) atoms. The van der Waals surface area contributed by atoms with E-state index in [1.807, 2.05) is 25.1 Å². The number of phenols is 1. The molecule has 1 atom stereocenters. The van der Waals surface area contributed by atoms with Gasteiger partial charge in [0.05, 0.1) is 5.60 Å². The summed E-state index contributed by atoms with van der Waals surface area (Å²) in [7, 11) is 0. The number of fused-ring (bicyclic) bond motifs is 1. The molecule has 3 aromatic rings. The molecular weight excluding hydrogens is 584 g/mol. The van der Waals surface area contributed by atoms with E-state index < -0.39 is 23.3 Å². The first-order valence-electron chi connectivity index (χ1n) is 15.5. The van der Waals surface area contributed by atoms with Crippen molar-refractivity contribution >= 4 is 23.0 Å². The third-order valence-corrected chi connectivity index (χ3v) is 7.30. The zero-order chi connectivity index (χ0) is 33.7. The summed E-state index contributed by atoms with van der Waals surface area (Å²) in [6.07, 6.45) is 11.0. The molecule has 0 aliphatic heterocycles. The van der Waals surface area contributed by atoms with Crippen LogP contribution in [0.4, 0.5) is 0 Å². The van der Waals surface area contributed by atoms with Gasteiger partial charge in [-0.1, -0.05) is 22.8 Å². The van der Waals surface area contributed by atoms with E-state index in [9.17, 15) is 19.8 Å². The smallest absolute Gasteiger partial charge is 0.336 e. The Morgan fingerprint density at radius 2 is 1.52 bits per heavy atom. The summed E-state index contributed by atoms with van der Waals surface area (Å²) in [6.45, 7) is 12.1. The van der Waals surface area contributed by atoms with Gasteiger partial charge in [-0.3, -0.25) is 0 Å². The molecule has 0 unspecified atom stereocenters. The quantitative estimate of drug-likeness (QED) is 0.0707. The van der Waals surface area contributed by atoms with Crippen LogP contribution in [0.25, 0.3) is 17.0 Å². The molecule has 2 N–H and O–H groups in total. The van der Waals surface area contributed by atoms with E-state index in [1.54, 1.807) is 44.2 Å². The topological polar surface area (TPSA) is 115 Å². The van der Waals surface area contributed by atoms with Gasteiger partial charge in [-0.05, 0) is 116 Å². The molecule has 3 rings (SSSR count). The minimum Gasteiger partial charge on any atom is -0.507 e. The number of benzene rings is 2. The van der Waals surface area contributed by atoms with Gasteiger partial charge in [-0.15, -0.1) is 0 Å². The van der Waals surface area contributed by atoms with E-state index in [0.717, 1.165) is 23.8 Å². The fourth-order valence-corrected chi connectivity index (χ4v) is 4.49. The van der Waals surface area contributed by atoms with Crippen LogP contribution in [0.5, 0.6) is 17.2 Å². The fourth-order valence-electron chi connectivity index (χ4n) is 4.49. The van der Waals surface area contributed by atoms with Crippen LogP contribution >= 0.6 is 0 Å². The lowest BCUT2D eigenvalue weighted by atomic mass is 9.95. The largest absolute Gasteiger partial charge is 0.507 e. The lowest BCUT2D eigenvalue weighted by Gasteiger charge is -2.28. The van der Waals surface area contributed by atoms with Crippen molar-refractivity contribution in [3.63, 3.8) is 0 Å². The maximum absolute atomic E-state index is 12.7. The fraction of sp³-hybridized carbons (Fsp3) is 0.368. The number of hydrogen-bond donors (Lipinski definition) is 2. The standard InChI is InChI=1S/C38H46O8/c1-26(2)8-7-9-27(3)20-22-43-31-15-11-29(33(39)24-31)13-18-37(41)46-35(38(5,6)42)17-10-28(4)21-23-44-32-16-12-30-14-19-36(40)45-34(30)25-32/h8,11-16,18-21,24-25,35,39,42H,7,9-10,17,22-23H2,1-6H3/t35-/m1/s1. The number of carbonyl (C=O) groups is 1. The van der Waals surface area contributed by atoms with Gasteiger partial charge in [0.1, 0.15) is 42.1 Å². The summed E-state index contributed by atoms with van der Waals surface area (Å²) in [5.74, 6) is 0.435. The minimum absolute atomic E-state index is 0.0268. The zero-order valence-electron chi connectivity index (χ0n) is 27.7. The third-order valence-electron chi connectivity index (χ3n) is 7.30. The van der Waals surface area contributed by atoms with Gasteiger partial charge >= 0.3 is 11.6 Å². The van der Waals surface area contributed by atoms with Crippen LogP contribution in [0.1, 0.15) is 72.8 Å².